The standard InChI is InChI=1S/C36H40N10O3S/c1-44-23-29(22-41-44)27-8-13-32(38-20-27)46(35(47)40-19-26-6-3-2-4-7-26)31-11-9-30(10-12-31)42-34-39-21-28(18-37)33(43-34)45-16-5-14-36(24-45)15-17-50(48,49)25-36/h2-4,6-8,13,20-23,30H,5,9-12,14-17,19,24-25H2,1H3,(H-,39,40,42,43,47)/p+1. The van der Waals surface area contributed by atoms with Crippen molar-refractivity contribution in [1.82, 2.24) is 30.0 Å². The van der Waals surface area contributed by atoms with Gasteiger partial charge in [-0.2, -0.15) is 19.9 Å². The van der Waals surface area contributed by atoms with Crippen molar-refractivity contribution in [2.45, 2.75) is 57.5 Å². The number of aromatic nitrogens is 5. The van der Waals surface area contributed by atoms with Crippen LogP contribution in [0.2, 0.25) is 0 Å². The molecule has 1 spiro atoms. The number of nitrogens with zero attached hydrogens (tertiary/aromatic N) is 8. The number of hydrogen-bond acceptors (Lipinski definition) is 10. The van der Waals surface area contributed by atoms with Gasteiger partial charge < -0.3 is 10.2 Å². The summed E-state index contributed by atoms with van der Waals surface area (Å²) >= 11 is 0. The van der Waals surface area contributed by atoms with Gasteiger partial charge >= 0.3 is 6.03 Å². The molecule has 13 nitrogen and oxygen atoms in total. The molecule has 2 N–H and O–H groups in total. The van der Waals surface area contributed by atoms with Crippen molar-refractivity contribution in [2.24, 2.45) is 12.5 Å². The lowest BCUT2D eigenvalue weighted by Gasteiger charge is -2.40. The molecule has 50 heavy (non-hydrogen) atoms. The molecule has 3 fully saturated rings. The predicted molar refractivity (Wildman–Crippen MR) is 190 cm³/mol. The normalized spacial score (nSPS) is 21.5. The topological polar surface area (TPSA) is 162 Å². The van der Waals surface area contributed by atoms with Gasteiger partial charge in [-0.15, -0.1) is 4.98 Å². The number of hydrogen-bond donors (Lipinski definition) is 2. The van der Waals surface area contributed by atoms with E-state index in [1.54, 1.807) is 27.8 Å². The van der Waals surface area contributed by atoms with Crippen LogP contribution in [-0.2, 0) is 23.4 Å². The summed E-state index contributed by atoms with van der Waals surface area (Å²) in [5.41, 5.74) is 3.94. The third kappa shape index (κ3) is 7.38. The van der Waals surface area contributed by atoms with Crippen LogP contribution in [0.25, 0.3) is 11.1 Å². The lowest BCUT2D eigenvalue weighted by molar-refractivity contribution is -0.342. The van der Waals surface area contributed by atoms with Crippen LogP contribution in [0, 0.1) is 16.7 Å². The van der Waals surface area contributed by atoms with Crippen molar-refractivity contribution in [3.8, 4) is 17.2 Å². The van der Waals surface area contributed by atoms with E-state index < -0.39 is 9.84 Å². The molecule has 1 aliphatic carbocycles. The van der Waals surface area contributed by atoms with Crippen molar-refractivity contribution in [3.63, 3.8) is 0 Å². The first-order chi connectivity index (χ1) is 24.2. The Morgan fingerprint density at radius 1 is 1.06 bits per heavy atom. The smallest absolute Gasteiger partial charge is 0.355 e. The zero-order valence-corrected chi connectivity index (χ0v) is 28.9. The van der Waals surface area contributed by atoms with E-state index in [-0.39, 0.29) is 29.0 Å². The second kappa shape index (κ2) is 14.0. The van der Waals surface area contributed by atoms with Crippen LogP contribution in [0.15, 0.2) is 67.3 Å². The van der Waals surface area contributed by atoms with Gasteiger partial charge in [0.2, 0.25) is 5.95 Å². The van der Waals surface area contributed by atoms with Crippen molar-refractivity contribution in [1.29, 1.82) is 5.26 Å². The second-order valence-corrected chi connectivity index (χ2v) is 15.9. The molecule has 2 saturated heterocycles. The van der Waals surface area contributed by atoms with Crippen LogP contribution >= 0.6 is 0 Å². The third-order valence-electron chi connectivity index (χ3n) is 10.0. The first-order valence-electron chi connectivity index (χ1n) is 17.1. The zero-order chi connectivity index (χ0) is 34.7. The van der Waals surface area contributed by atoms with Crippen LogP contribution in [0.5, 0.6) is 0 Å². The van der Waals surface area contributed by atoms with E-state index in [2.05, 4.69) is 31.7 Å². The molecule has 3 aliphatic rings. The second-order valence-electron chi connectivity index (χ2n) is 13.7. The van der Waals surface area contributed by atoms with E-state index in [1.807, 2.05) is 55.7 Å². The number of nitriles is 1. The molecule has 2 amide bonds. The highest BCUT2D eigenvalue weighted by atomic mass is 32.2. The van der Waals surface area contributed by atoms with Gasteiger partial charge in [-0.1, -0.05) is 30.3 Å². The van der Waals surface area contributed by atoms with Crippen LogP contribution in [-0.4, -0.2) is 80.1 Å². The number of anilines is 2. The first-order valence-corrected chi connectivity index (χ1v) is 18.9. The first kappa shape index (κ1) is 33.3. The van der Waals surface area contributed by atoms with Crippen LogP contribution in [0.3, 0.4) is 0 Å². The van der Waals surface area contributed by atoms with E-state index in [9.17, 15) is 18.5 Å². The highest BCUT2D eigenvalue weighted by Gasteiger charge is 2.45. The number of benzene rings is 1. The van der Waals surface area contributed by atoms with E-state index in [0.29, 0.717) is 62.0 Å². The predicted octanol–water partition coefficient (Wildman–Crippen LogP) is 4.60. The Hall–Kier alpha value is -5.16. The molecule has 4 aromatic rings. The van der Waals surface area contributed by atoms with E-state index in [0.717, 1.165) is 48.1 Å². The molecule has 1 unspecified atom stereocenters. The highest BCUT2D eigenvalue weighted by molar-refractivity contribution is 7.91. The fourth-order valence-corrected chi connectivity index (χ4v) is 9.68. The summed E-state index contributed by atoms with van der Waals surface area (Å²) in [7, 11) is -1.17. The molecule has 0 bridgehead atoms. The van der Waals surface area contributed by atoms with Gasteiger partial charge in [0.05, 0.1) is 36.2 Å². The Labute approximate surface area is 292 Å². The van der Waals surface area contributed by atoms with Gasteiger partial charge in [0, 0.05) is 67.8 Å². The maximum absolute atomic E-state index is 13.8. The van der Waals surface area contributed by atoms with E-state index >= 15 is 0 Å². The molecule has 1 atom stereocenters. The number of carbonyl (C=O) groups excluding carboxylic acids is 1. The quantitative estimate of drug-likeness (QED) is 0.262. The minimum Gasteiger partial charge on any atom is -0.355 e. The number of aryl methyl sites for hydroxylation is 1. The summed E-state index contributed by atoms with van der Waals surface area (Å²) in [5.74, 6) is 1.97. The minimum absolute atomic E-state index is 0.0577. The number of carbonyl (C=O) groups is 1. The SMILES string of the molecule is Cn1cc(-c2ccc([N+](C(=O)NCc3ccccc3)=C3CCC(Nc4ncc(C#N)c(N5CCCC6(CCS(=O)(=O)C6)C5)n4)CC3)nc2)cn1. The molecular formula is C36H41N10O3S+. The minimum atomic E-state index is -3.04. The molecule has 5 heterocycles. The van der Waals surface area contributed by atoms with Crippen LogP contribution in [0.1, 0.15) is 56.1 Å². The average molecular weight is 694 g/mol. The summed E-state index contributed by atoms with van der Waals surface area (Å²) in [6, 6.07) is 15.7. The lowest BCUT2D eigenvalue weighted by atomic mass is 9.79. The summed E-state index contributed by atoms with van der Waals surface area (Å²) < 4.78 is 28.1. The molecular weight excluding hydrogens is 653 g/mol. The molecule has 1 saturated carbocycles. The lowest BCUT2D eigenvalue weighted by Crippen LogP contribution is -2.45. The number of rotatable bonds is 7. The van der Waals surface area contributed by atoms with Crippen molar-refractivity contribution in [3.05, 3.63) is 78.4 Å². The highest BCUT2D eigenvalue weighted by Crippen LogP contribution is 2.41. The zero-order valence-electron chi connectivity index (χ0n) is 28.1. The summed E-state index contributed by atoms with van der Waals surface area (Å²) in [4.78, 5) is 29.8. The fraction of sp³-hybridized carbons (Fsp3) is 0.417. The summed E-state index contributed by atoms with van der Waals surface area (Å²) in [5, 5.41) is 20.7. The number of sulfone groups is 1. The molecule has 258 valence electrons. The molecule has 1 aromatic carbocycles. The van der Waals surface area contributed by atoms with Gasteiger partial charge in [-0.05, 0) is 43.7 Å². The molecule has 2 aliphatic heterocycles. The maximum Gasteiger partial charge on any atom is 0.441 e. The van der Waals surface area contributed by atoms with Crippen LogP contribution < -0.4 is 15.5 Å². The van der Waals surface area contributed by atoms with Crippen LogP contribution in [0.4, 0.5) is 22.4 Å². The number of amides is 2. The number of pyridine rings is 1. The van der Waals surface area contributed by atoms with Gasteiger partial charge in [0.25, 0.3) is 5.82 Å². The average Bonchev–Trinajstić information content (AvgIpc) is 3.70. The summed E-state index contributed by atoms with van der Waals surface area (Å²) in [6.07, 6.45) is 12.2. The maximum atomic E-state index is 13.8. The Kier molecular flexibility index (Phi) is 9.33. The number of nitrogens with one attached hydrogen (secondary N) is 2. The Morgan fingerprint density at radius 2 is 1.88 bits per heavy atom. The van der Waals surface area contributed by atoms with Crippen molar-refractivity contribution in [2.75, 3.05) is 34.8 Å². The molecule has 0 radical (unpaired) electrons. The third-order valence-corrected chi connectivity index (χ3v) is 11.9. The monoisotopic (exact) mass is 693 g/mol. The van der Waals surface area contributed by atoms with Gasteiger partial charge in [0.15, 0.2) is 15.7 Å². The largest absolute Gasteiger partial charge is 0.441 e. The Balaban J connectivity index is 1.08. The Morgan fingerprint density at radius 3 is 2.56 bits per heavy atom. The number of piperidine rings is 1. The molecule has 14 heteroatoms. The summed E-state index contributed by atoms with van der Waals surface area (Å²) in [6.45, 7) is 1.68. The van der Waals surface area contributed by atoms with Gasteiger partial charge in [0.1, 0.15) is 17.8 Å². The molecule has 3 aromatic heterocycles. The number of urea groups is 1. The fourth-order valence-electron chi connectivity index (χ4n) is 7.48. The van der Waals surface area contributed by atoms with Gasteiger partial charge in [-0.25, -0.2) is 18.2 Å². The Bertz CT molecular complexity index is 2050. The van der Waals surface area contributed by atoms with Gasteiger partial charge in [-0.3, -0.25) is 10.00 Å². The van der Waals surface area contributed by atoms with E-state index in [4.69, 9.17) is 9.97 Å². The van der Waals surface area contributed by atoms with E-state index in [1.165, 1.54) is 0 Å². The van der Waals surface area contributed by atoms with Crippen molar-refractivity contribution >= 4 is 39.2 Å². The van der Waals surface area contributed by atoms with Crippen molar-refractivity contribution < 1.29 is 17.8 Å². The molecule has 7 rings (SSSR count).